The first-order chi connectivity index (χ1) is 10.1. The van der Waals surface area contributed by atoms with E-state index in [1.54, 1.807) is 18.3 Å². The van der Waals surface area contributed by atoms with E-state index in [0.29, 0.717) is 10.8 Å². The van der Waals surface area contributed by atoms with E-state index < -0.39 is 11.8 Å². The van der Waals surface area contributed by atoms with Gasteiger partial charge in [-0.15, -0.1) is 0 Å². The Balaban J connectivity index is 2.45. The fourth-order valence-corrected chi connectivity index (χ4v) is 2.64. The lowest BCUT2D eigenvalue weighted by atomic mass is 10.2. The fourth-order valence-electron chi connectivity index (χ4n) is 1.91. The van der Waals surface area contributed by atoms with Gasteiger partial charge in [0.15, 0.2) is 16.7 Å². The molecule has 0 aliphatic heterocycles. The van der Waals surface area contributed by atoms with E-state index in [-0.39, 0.29) is 11.5 Å². The minimum Gasteiger partial charge on any atom is -0.494 e. The van der Waals surface area contributed by atoms with Crippen molar-refractivity contribution < 1.29 is 19.0 Å². The Morgan fingerprint density at radius 1 is 1.52 bits per heavy atom. The van der Waals surface area contributed by atoms with Gasteiger partial charge in [-0.05, 0) is 18.6 Å². The molecule has 2 rings (SSSR count). The summed E-state index contributed by atoms with van der Waals surface area (Å²) in [6, 6.07) is 4.50. The summed E-state index contributed by atoms with van der Waals surface area (Å²) in [4.78, 5) is 15.0. The molecule has 112 valence electrons. The fraction of sp³-hybridized carbons (Fsp3) is 0.286. The highest BCUT2D eigenvalue weighted by molar-refractivity contribution is 7.99. The second kappa shape index (κ2) is 6.62. The van der Waals surface area contributed by atoms with Gasteiger partial charge in [0.25, 0.3) is 0 Å². The molecule has 0 radical (unpaired) electrons. The Hall–Kier alpha value is -2.02. The van der Waals surface area contributed by atoms with Gasteiger partial charge < -0.3 is 9.84 Å². The van der Waals surface area contributed by atoms with E-state index in [2.05, 4.69) is 4.98 Å². The number of halogens is 1. The molecule has 2 aromatic rings. The number of benzene rings is 1. The molecular formula is C14H15FN2O3S. The van der Waals surface area contributed by atoms with Crippen molar-refractivity contribution >= 4 is 17.7 Å². The summed E-state index contributed by atoms with van der Waals surface area (Å²) in [7, 11) is 1.40. The van der Waals surface area contributed by atoms with Gasteiger partial charge in [-0.3, -0.25) is 9.36 Å². The van der Waals surface area contributed by atoms with Gasteiger partial charge in [0, 0.05) is 18.0 Å². The van der Waals surface area contributed by atoms with Crippen LogP contribution in [0.5, 0.6) is 5.75 Å². The maximum absolute atomic E-state index is 13.5. The average Bonchev–Trinajstić information content (AvgIpc) is 2.88. The van der Waals surface area contributed by atoms with Crippen molar-refractivity contribution in [3.63, 3.8) is 0 Å². The van der Waals surface area contributed by atoms with Crippen molar-refractivity contribution in [1.82, 2.24) is 9.55 Å². The number of carbonyl (C=O) groups is 1. The average molecular weight is 310 g/mol. The molecule has 7 heteroatoms. The summed E-state index contributed by atoms with van der Waals surface area (Å²) >= 11 is 1.12. The van der Waals surface area contributed by atoms with Gasteiger partial charge in [0.2, 0.25) is 0 Å². The number of nitrogens with zero attached hydrogens (tertiary/aromatic N) is 2. The van der Waals surface area contributed by atoms with E-state index in [4.69, 9.17) is 9.84 Å². The summed E-state index contributed by atoms with van der Waals surface area (Å²) in [5.41, 5.74) is 1.60. The molecule has 21 heavy (non-hydrogen) atoms. The summed E-state index contributed by atoms with van der Waals surface area (Å²) in [6.07, 6.45) is 2.42. The molecule has 1 N–H and O–H groups in total. The number of methoxy groups -OCH3 is 1. The highest BCUT2D eigenvalue weighted by Crippen LogP contribution is 2.27. The van der Waals surface area contributed by atoms with Crippen LogP contribution in [-0.4, -0.2) is 33.5 Å². The number of carboxylic acid groups (broad SMARTS) is 1. The summed E-state index contributed by atoms with van der Waals surface area (Å²) in [6.45, 7) is 1.97. The Labute approximate surface area is 125 Å². The largest absolute Gasteiger partial charge is 0.494 e. The van der Waals surface area contributed by atoms with Crippen LogP contribution in [0.15, 0.2) is 29.6 Å². The minimum atomic E-state index is -0.913. The lowest BCUT2D eigenvalue weighted by Gasteiger charge is -2.12. The standard InChI is InChI=1S/C14H15FN2O3S/c1-3-9-7-16-14(21-8-13(18)19)17(9)10-4-5-11(15)12(6-10)20-2/h4-7H,3,8H2,1-2H3,(H,18,19). The number of aliphatic carboxylic acids is 1. The predicted octanol–water partition coefficient (Wildman–Crippen LogP) is 2.76. The Kier molecular flexibility index (Phi) is 4.85. The molecule has 0 saturated carbocycles. The normalized spacial score (nSPS) is 10.6. The molecule has 0 aliphatic carbocycles. The number of thioether (sulfide) groups is 1. The van der Waals surface area contributed by atoms with Crippen molar-refractivity contribution in [2.24, 2.45) is 0 Å². The molecule has 1 aromatic carbocycles. The smallest absolute Gasteiger partial charge is 0.313 e. The van der Waals surface area contributed by atoms with Crippen molar-refractivity contribution in [3.8, 4) is 11.4 Å². The van der Waals surface area contributed by atoms with Crippen molar-refractivity contribution in [2.75, 3.05) is 12.9 Å². The third kappa shape index (κ3) is 3.36. The van der Waals surface area contributed by atoms with Crippen molar-refractivity contribution in [3.05, 3.63) is 35.9 Å². The van der Waals surface area contributed by atoms with E-state index in [0.717, 1.165) is 23.9 Å². The zero-order valence-corrected chi connectivity index (χ0v) is 12.5. The van der Waals surface area contributed by atoms with E-state index in [1.807, 2.05) is 11.5 Å². The van der Waals surface area contributed by atoms with Gasteiger partial charge in [-0.2, -0.15) is 0 Å². The number of ether oxygens (including phenoxy) is 1. The quantitative estimate of drug-likeness (QED) is 0.831. The van der Waals surface area contributed by atoms with Gasteiger partial charge >= 0.3 is 5.97 Å². The number of hydrogen-bond acceptors (Lipinski definition) is 4. The third-order valence-corrected chi connectivity index (χ3v) is 3.82. The molecule has 5 nitrogen and oxygen atoms in total. The molecular weight excluding hydrogens is 295 g/mol. The van der Waals surface area contributed by atoms with Crippen molar-refractivity contribution in [1.29, 1.82) is 0 Å². The third-order valence-electron chi connectivity index (χ3n) is 2.88. The van der Waals surface area contributed by atoms with Gasteiger partial charge in [0.05, 0.1) is 18.6 Å². The van der Waals surface area contributed by atoms with Crippen LogP contribution in [0.1, 0.15) is 12.6 Å². The number of imidazole rings is 1. The Bertz CT molecular complexity index is 658. The number of hydrogen-bond donors (Lipinski definition) is 1. The van der Waals surface area contributed by atoms with Crippen molar-refractivity contribution in [2.45, 2.75) is 18.5 Å². The molecule has 0 atom stereocenters. The lowest BCUT2D eigenvalue weighted by Crippen LogP contribution is -2.04. The van der Waals surface area contributed by atoms with Crippen LogP contribution in [0.2, 0.25) is 0 Å². The summed E-state index contributed by atoms with van der Waals surface area (Å²) < 4.78 is 20.3. The number of aromatic nitrogens is 2. The number of rotatable bonds is 6. The second-order valence-corrected chi connectivity index (χ2v) is 5.16. The zero-order valence-electron chi connectivity index (χ0n) is 11.7. The Morgan fingerprint density at radius 3 is 2.90 bits per heavy atom. The first-order valence-corrected chi connectivity index (χ1v) is 7.30. The van der Waals surface area contributed by atoms with Crippen LogP contribution in [0.25, 0.3) is 5.69 Å². The molecule has 0 unspecified atom stereocenters. The van der Waals surface area contributed by atoms with Gasteiger partial charge in [-0.1, -0.05) is 18.7 Å². The molecule has 0 spiro atoms. The number of carboxylic acids is 1. The first-order valence-electron chi connectivity index (χ1n) is 6.32. The zero-order chi connectivity index (χ0) is 15.4. The minimum absolute atomic E-state index is 0.0848. The van der Waals surface area contributed by atoms with Crippen LogP contribution in [0.3, 0.4) is 0 Å². The molecule has 0 bridgehead atoms. The summed E-state index contributed by atoms with van der Waals surface area (Å²) in [5, 5.41) is 9.35. The SMILES string of the molecule is CCc1cnc(SCC(=O)O)n1-c1ccc(F)c(OC)c1. The van der Waals surface area contributed by atoms with Gasteiger partial charge in [-0.25, -0.2) is 9.37 Å². The number of aryl methyl sites for hydroxylation is 1. The predicted molar refractivity (Wildman–Crippen MR) is 77.8 cm³/mol. The molecule has 0 saturated heterocycles. The monoisotopic (exact) mass is 310 g/mol. The van der Waals surface area contributed by atoms with Crippen LogP contribution in [0.4, 0.5) is 4.39 Å². The van der Waals surface area contributed by atoms with E-state index >= 15 is 0 Å². The molecule has 0 amide bonds. The van der Waals surface area contributed by atoms with E-state index in [1.165, 1.54) is 13.2 Å². The van der Waals surface area contributed by atoms with E-state index in [9.17, 15) is 9.18 Å². The highest BCUT2D eigenvalue weighted by atomic mass is 32.2. The molecule has 1 aromatic heterocycles. The summed E-state index contributed by atoms with van der Waals surface area (Å²) in [5.74, 6) is -1.31. The van der Waals surface area contributed by atoms with Crippen LogP contribution < -0.4 is 4.74 Å². The first kappa shape index (κ1) is 15.4. The van der Waals surface area contributed by atoms with Crippen LogP contribution in [0, 0.1) is 5.82 Å². The maximum Gasteiger partial charge on any atom is 0.313 e. The highest BCUT2D eigenvalue weighted by Gasteiger charge is 2.14. The molecule has 1 heterocycles. The van der Waals surface area contributed by atoms with Gasteiger partial charge in [0.1, 0.15) is 0 Å². The van der Waals surface area contributed by atoms with Crippen LogP contribution >= 0.6 is 11.8 Å². The topological polar surface area (TPSA) is 64.3 Å². The second-order valence-electron chi connectivity index (χ2n) is 4.22. The Morgan fingerprint density at radius 2 is 2.29 bits per heavy atom. The maximum atomic E-state index is 13.5. The molecule has 0 aliphatic rings. The lowest BCUT2D eigenvalue weighted by molar-refractivity contribution is -0.133. The van der Waals surface area contributed by atoms with Crippen LogP contribution in [-0.2, 0) is 11.2 Å². The molecule has 0 fully saturated rings.